The van der Waals surface area contributed by atoms with E-state index in [-0.39, 0.29) is 11.7 Å². The molecule has 2 aromatic heterocycles. The Morgan fingerprint density at radius 3 is 3.04 bits per heavy atom. The number of rotatable bonds is 4. The van der Waals surface area contributed by atoms with Gasteiger partial charge in [-0.2, -0.15) is 0 Å². The summed E-state index contributed by atoms with van der Waals surface area (Å²) >= 11 is 0. The summed E-state index contributed by atoms with van der Waals surface area (Å²) in [7, 11) is 0. The molecule has 0 amide bonds. The molecule has 1 spiro atoms. The highest BCUT2D eigenvalue weighted by molar-refractivity contribution is 5.36. The molecule has 2 aromatic rings. The molecule has 24 heavy (non-hydrogen) atoms. The normalized spacial score (nSPS) is 26.8. The van der Waals surface area contributed by atoms with Gasteiger partial charge in [-0.15, -0.1) is 0 Å². The lowest BCUT2D eigenvalue weighted by atomic mass is 9.89. The predicted octanol–water partition coefficient (Wildman–Crippen LogP) is 2.22. The summed E-state index contributed by atoms with van der Waals surface area (Å²) in [6.07, 6.45) is 12.2. The first-order valence-corrected chi connectivity index (χ1v) is 8.48. The highest BCUT2D eigenvalue weighted by Gasteiger charge is 2.44. The van der Waals surface area contributed by atoms with Gasteiger partial charge in [0.2, 0.25) is 0 Å². The van der Waals surface area contributed by atoms with Crippen LogP contribution in [0.1, 0.15) is 24.8 Å². The van der Waals surface area contributed by atoms with E-state index in [2.05, 4.69) is 19.9 Å². The zero-order valence-corrected chi connectivity index (χ0v) is 13.7. The van der Waals surface area contributed by atoms with Crippen LogP contribution in [0.25, 0.3) is 0 Å². The second kappa shape index (κ2) is 6.83. The third-order valence-electron chi connectivity index (χ3n) is 4.80. The first-order valence-electron chi connectivity index (χ1n) is 8.48. The van der Waals surface area contributed by atoms with E-state index in [1.807, 2.05) is 24.5 Å². The SMILES string of the molecule is c1cncc(CO[C@H]2CO[C@@]3(CCCN(c4cnccn4)C3)C2)c1. The lowest BCUT2D eigenvalue weighted by Crippen LogP contribution is -2.48. The minimum Gasteiger partial charge on any atom is -0.371 e. The van der Waals surface area contributed by atoms with E-state index >= 15 is 0 Å². The maximum Gasteiger partial charge on any atom is 0.147 e. The lowest BCUT2D eigenvalue weighted by Gasteiger charge is -2.40. The van der Waals surface area contributed by atoms with Crippen LogP contribution >= 0.6 is 0 Å². The van der Waals surface area contributed by atoms with Gasteiger partial charge in [-0.3, -0.25) is 9.97 Å². The van der Waals surface area contributed by atoms with Gasteiger partial charge in [0.15, 0.2) is 0 Å². The summed E-state index contributed by atoms with van der Waals surface area (Å²) in [5.74, 6) is 0.930. The minimum atomic E-state index is -0.116. The number of aromatic nitrogens is 3. The van der Waals surface area contributed by atoms with E-state index in [9.17, 15) is 0 Å². The molecule has 2 aliphatic heterocycles. The van der Waals surface area contributed by atoms with E-state index < -0.39 is 0 Å². The van der Waals surface area contributed by atoms with Gasteiger partial charge in [0, 0.05) is 44.3 Å². The average Bonchev–Trinajstić information content (AvgIpc) is 3.04. The summed E-state index contributed by atoms with van der Waals surface area (Å²) in [6.45, 7) is 3.11. The smallest absolute Gasteiger partial charge is 0.147 e. The molecule has 0 aliphatic carbocycles. The Balaban J connectivity index is 1.36. The van der Waals surface area contributed by atoms with Crippen molar-refractivity contribution in [2.45, 2.75) is 37.6 Å². The second-order valence-electron chi connectivity index (χ2n) is 6.58. The zero-order valence-electron chi connectivity index (χ0n) is 13.7. The lowest BCUT2D eigenvalue weighted by molar-refractivity contribution is -0.0137. The first kappa shape index (κ1) is 15.5. The highest BCUT2D eigenvalue weighted by Crippen LogP contribution is 2.37. The predicted molar refractivity (Wildman–Crippen MR) is 89.6 cm³/mol. The Hall–Kier alpha value is -2.05. The van der Waals surface area contributed by atoms with Crippen LogP contribution in [-0.4, -0.2) is 46.4 Å². The molecule has 0 radical (unpaired) electrons. The van der Waals surface area contributed by atoms with E-state index in [4.69, 9.17) is 9.47 Å². The summed E-state index contributed by atoms with van der Waals surface area (Å²) in [5, 5.41) is 0. The summed E-state index contributed by atoms with van der Waals surface area (Å²) in [6, 6.07) is 3.97. The van der Waals surface area contributed by atoms with Crippen molar-refractivity contribution in [3.63, 3.8) is 0 Å². The summed E-state index contributed by atoms with van der Waals surface area (Å²) in [5.41, 5.74) is 0.985. The number of piperidine rings is 1. The van der Waals surface area contributed by atoms with E-state index in [1.54, 1.807) is 18.6 Å². The maximum absolute atomic E-state index is 6.20. The number of pyridine rings is 1. The molecule has 4 heterocycles. The van der Waals surface area contributed by atoms with Crippen molar-refractivity contribution in [1.29, 1.82) is 0 Å². The molecule has 2 fully saturated rings. The Bertz CT molecular complexity index is 655. The van der Waals surface area contributed by atoms with Crippen LogP contribution in [0.2, 0.25) is 0 Å². The van der Waals surface area contributed by atoms with Crippen molar-refractivity contribution in [1.82, 2.24) is 15.0 Å². The van der Waals surface area contributed by atoms with Crippen molar-refractivity contribution in [2.75, 3.05) is 24.6 Å². The van der Waals surface area contributed by atoms with E-state index in [0.29, 0.717) is 13.2 Å². The molecule has 2 atom stereocenters. The molecule has 126 valence electrons. The van der Waals surface area contributed by atoms with E-state index in [1.165, 1.54) is 0 Å². The zero-order chi connectivity index (χ0) is 16.2. The third kappa shape index (κ3) is 3.39. The van der Waals surface area contributed by atoms with Crippen LogP contribution in [0.15, 0.2) is 43.1 Å². The molecule has 4 rings (SSSR count). The molecule has 2 aliphatic rings. The van der Waals surface area contributed by atoms with E-state index in [0.717, 1.165) is 43.7 Å². The summed E-state index contributed by atoms with van der Waals surface area (Å²) < 4.78 is 12.2. The summed E-state index contributed by atoms with van der Waals surface area (Å²) in [4.78, 5) is 15.0. The Kier molecular flexibility index (Phi) is 4.40. The van der Waals surface area contributed by atoms with Gasteiger partial charge in [-0.1, -0.05) is 6.07 Å². The van der Waals surface area contributed by atoms with Crippen LogP contribution in [-0.2, 0) is 16.1 Å². The van der Waals surface area contributed by atoms with Crippen molar-refractivity contribution in [3.05, 3.63) is 48.7 Å². The molecule has 0 aromatic carbocycles. The van der Waals surface area contributed by atoms with Gasteiger partial charge in [-0.05, 0) is 24.5 Å². The minimum absolute atomic E-state index is 0.116. The van der Waals surface area contributed by atoms with Crippen LogP contribution < -0.4 is 4.90 Å². The van der Waals surface area contributed by atoms with Crippen molar-refractivity contribution in [2.24, 2.45) is 0 Å². The molecule has 0 N–H and O–H groups in total. The Labute approximate surface area is 141 Å². The van der Waals surface area contributed by atoms with Gasteiger partial charge < -0.3 is 14.4 Å². The number of hydrogen-bond donors (Lipinski definition) is 0. The van der Waals surface area contributed by atoms with Crippen LogP contribution in [0.4, 0.5) is 5.82 Å². The fourth-order valence-corrected chi connectivity index (χ4v) is 3.64. The Morgan fingerprint density at radius 2 is 2.21 bits per heavy atom. The van der Waals surface area contributed by atoms with Gasteiger partial charge in [0.25, 0.3) is 0 Å². The fourth-order valence-electron chi connectivity index (χ4n) is 3.64. The molecular weight excluding hydrogens is 304 g/mol. The molecule has 0 bridgehead atoms. The fraction of sp³-hybridized carbons (Fsp3) is 0.500. The number of hydrogen-bond acceptors (Lipinski definition) is 6. The highest BCUT2D eigenvalue weighted by atomic mass is 16.6. The Morgan fingerprint density at radius 1 is 1.25 bits per heavy atom. The second-order valence-corrected chi connectivity index (χ2v) is 6.58. The molecule has 6 heteroatoms. The van der Waals surface area contributed by atoms with Crippen LogP contribution in [0.3, 0.4) is 0 Å². The molecule has 2 saturated heterocycles. The molecular formula is C18H22N4O2. The number of anilines is 1. The van der Waals surface area contributed by atoms with Crippen molar-refractivity contribution < 1.29 is 9.47 Å². The quantitative estimate of drug-likeness (QED) is 0.858. The van der Waals surface area contributed by atoms with Crippen LogP contribution in [0, 0.1) is 0 Å². The van der Waals surface area contributed by atoms with Crippen LogP contribution in [0.5, 0.6) is 0 Å². The molecule has 0 saturated carbocycles. The first-order chi connectivity index (χ1) is 11.8. The molecule has 6 nitrogen and oxygen atoms in total. The maximum atomic E-state index is 6.20. The third-order valence-corrected chi connectivity index (χ3v) is 4.80. The standard InChI is InChI=1S/C18H22N4O2/c1-3-15(10-19-5-1)12-23-16-9-18(24-13-16)4-2-8-22(14-18)17-11-20-6-7-21-17/h1,3,5-7,10-11,16H,2,4,8-9,12-14H2/t16-,18+/m1/s1. The van der Waals surface area contributed by atoms with Gasteiger partial charge >= 0.3 is 0 Å². The average molecular weight is 326 g/mol. The number of ether oxygens (including phenoxy) is 2. The van der Waals surface area contributed by atoms with Crippen molar-refractivity contribution in [3.8, 4) is 0 Å². The van der Waals surface area contributed by atoms with Gasteiger partial charge in [-0.25, -0.2) is 4.98 Å². The van der Waals surface area contributed by atoms with Gasteiger partial charge in [0.1, 0.15) is 5.82 Å². The topological polar surface area (TPSA) is 60.4 Å². The van der Waals surface area contributed by atoms with Crippen molar-refractivity contribution >= 4 is 5.82 Å². The largest absolute Gasteiger partial charge is 0.371 e. The van der Waals surface area contributed by atoms with Gasteiger partial charge in [0.05, 0.1) is 31.1 Å². The number of nitrogens with zero attached hydrogens (tertiary/aromatic N) is 4. The molecule has 0 unspecified atom stereocenters. The monoisotopic (exact) mass is 326 g/mol.